The lowest BCUT2D eigenvalue weighted by Crippen LogP contribution is -2.35. The Morgan fingerprint density at radius 1 is 1.04 bits per heavy atom. The average Bonchev–Trinajstić information content (AvgIpc) is 3.46. The molecule has 2 aliphatic rings. The second kappa shape index (κ2) is 13.2. The van der Waals surface area contributed by atoms with Crippen LogP contribution < -0.4 is 25.4 Å². The van der Waals surface area contributed by atoms with Crippen molar-refractivity contribution >= 4 is 29.3 Å². The molecule has 0 bridgehead atoms. The molecule has 2 aromatic carbocycles. The molecule has 3 N–H and O–H groups in total. The minimum Gasteiger partial charge on any atom is -0.476 e. The highest BCUT2D eigenvalue weighted by molar-refractivity contribution is 6.00. The molecule has 1 fully saturated rings. The number of anilines is 3. The number of aromatic nitrogens is 3. The Kier molecular flexibility index (Phi) is 8.99. The minimum absolute atomic E-state index is 0.0588. The van der Waals surface area contributed by atoms with Crippen LogP contribution in [0, 0.1) is 0 Å². The van der Waals surface area contributed by atoms with E-state index in [9.17, 15) is 22.8 Å². The van der Waals surface area contributed by atoms with Crippen LogP contribution in [-0.2, 0) is 27.7 Å². The lowest BCUT2D eigenvalue weighted by molar-refractivity contribution is -0.137. The van der Waals surface area contributed by atoms with Gasteiger partial charge in [0, 0.05) is 43.4 Å². The number of amides is 3. The molecular weight excluding hydrogens is 631 g/mol. The van der Waals surface area contributed by atoms with E-state index in [1.165, 1.54) is 18.3 Å². The molecular formula is C33H34F3N7O5. The van der Waals surface area contributed by atoms with Gasteiger partial charge >= 0.3 is 12.2 Å². The van der Waals surface area contributed by atoms with Crippen molar-refractivity contribution in [2.75, 3.05) is 48.9 Å². The van der Waals surface area contributed by atoms with Crippen LogP contribution >= 0.6 is 0 Å². The number of hydrogen-bond acceptors (Lipinski definition) is 8. The third-order valence-electron chi connectivity index (χ3n) is 7.63. The summed E-state index contributed by atoms with van der Waals surface area (Å²) in [5.41, 5.74) is 0.405. The highest BCUT2D eigenvalue weighted by Crippen LogP contribution is 2.41. The lowest BCUT2D eigenvalue weighted by Gasteiger charge is -2.26. The first-order valence-corrected chi connectivity index (χ1v) is 15.2. The maximum atomic E-state index is 14.3. The molecule has 15 heteroatoms. The molecule has 4 aromatic rings. The zero-order valence-electron chi connectivity index (χ0n) is 26.5. The number of nitrogens with one attached hydrogen (secondary N) is 3. The van der Waals surface area contributed by atoms with Gasteiger partial charge in [0.15, 0.2) is 18.2 Å². The lowest BCUT2D eigenvalue weighted by atomic mass is 9.92. The molecule has 252 valence electrons. The van der Waals surface area contributed by atoms with Crippen LogP contribution in [0.2, 0.25) is 0 Å². The topological polar surface area (TPSA) is 132 Å². The standard InChI is InChI=1S/C33H34F3N7O5/c1-32(2,3)26-17-27(43(41-26)21-6-4-5-20(15-21)18-42-11-13-46-14-12-42)39-31(45)38-24-8-7-22(16-23(24)33(34,35)36)48-25-9-10-37-30-29(25)47-19-28(44)40-30/h4-10,15-17H,11-14,18-19H2,1-3H3,(H,37,40,44)(H2,38,39,45). The maximum Gasteiger partial charge on any atom is 0.418 e. The van der Waals surface area contributed by atoms with Gasteiger partial charge in [-0.2, -0.15) is 18.3 Å². The van der Waals surface area contributed by atoms with Crippen molar-refractivity contribution in [2.24, 2.45) is 0 Å². The Hall–Kier alpha value is -5.15. The number of carbonyl (C=O) groups is 2. The molecule has 0 unspecified atom stereocenters. The van der Waals surface area contributed by atoms with Crippen LogP contribution in [0.5, 0.6) is 17.2 Å². The second-order valence-corrected chi connectivity index (χ2v) is 12.3. The minimum atomic E-state index is -4.84. The first kappa shape index (κ1) is 32.8. The van der Waals surface area contributed by atoms with Gasteiger partial charge in [-0.1, -0.05) is 32.9 Å². The fourth-order valence-electron chi connectivity index (χ4n) is 5.21. The number of alkyl halides is 3. The molecule has 12 nitrogen and oxygen atoms in total. The number of halogens is 3. The number of pyridine rings is 1. The molecule has 0 spiro atoms. The summed E-state index contributed by atoms with van der Waals surface area (Å²) in [6, 6.07) is 13.1. The van der Waals surface area contributed by atoms with Gasteiger partial charge in [0.05, 0.1) is 35.8 Å². The number of hydrogen-bond donors (Lipinski definition) is 3. The third kappa shape index (κ3) is 7.52. The molecule has 2 aromatic heterocycles. The number of urea groups is 1. The number of benzene rings is 2. The fourth-order valence-corrected chi connectivity index (χ4v) is 5.21. The van der Waals surface area contributed by atoms with Crippen molar-refractivity contribution in [1.82, 2.24) is 19.7 Å². The van der Waals surface area contributed by atoms with E-state index in [4.69, 9.17) is 19.3 Å². The fraction of sp³-hybridized carbons (Fsp3) is 0.333. The van der Waals surface area contributed by atoms with E-state index in [1.54, 1.807) is 10.7 Å². The number of nitrogens with zero attached hydrogens (tertiary/aromatic N) is 4. The number of carbonyl (C=O) groups excluding carboxylic acids is 2. The molecule has 0 atom stereocenters. The number of rotatable bonds is 7. The normalized spacial score (nSPS) is 15.2. The van der Waals surface area contributed by atoms with Crippen molar-refractivity contribution in [3.05, 3.63) is 77.6 Å². The Morgan fingerprint density at radius 3 is 2.58 bits per heavy atom. The summed E-state index contributed by atoms with van der Waals surface area (Å²) in [6.07, 6.45) is -3.52. The van der Waals surface area contributed by atoms with Crippen molar-refractivity contribution in [3.63, 3.8) is 0 Å². The Morgan fingerprint density at radius 2 is 1.83 bits per heavy atom. The summed E-state index contributed by atoms with van der Waals surface area (Å²) >= 11 is 0. The van der Waals surface area contributed by atoms with Crippen molar-refractivity contribution in [2.45, 2.75) is 38.9 Å². The smallest absolute Gasteiger partial charge is 0.418 e. The summed E-state index contributed by atoms with van der Waals surface area (Å²) < 4.78 is 60.8. The molecule has 2 aliphatic heterocycles. The quantitative estimate of drug-likeness (QED) is 0.213. The van der Waals surface area contributed by atoms with Gasteiger partial charge in [0.2, 0.25) is 5.75 Å². The zero-order valence-corrected chi connectivity index (χ0v) is 26.5. The summed E-state index contributed by atoms with van der Waals surface area (Å²) in [4.78, 5) is 31.2. The Balaban J connectivity index is 1.24. The van der Waals surface area contributed by atoms with Gasteiger partial charge in [0.25, 0.3) is 5.91 Å². The third-order valence-corrected chi connectivity index (χ3v) is 7.63. The SMILES string of the molecule is CC(C)(C)c1cc(NC(=O)Nc2ccc(Oc3ccnc4c3OCC(=O)N4)cc2C(F)(F)F)n(-c2cccc(CN3CCOCC3)c2)n1. The van der Waals surface area contributed by atoms with Crippen LogP contribution in [-0.4, -0.2) is 64.5 Å². The van der Waals surface area contributed by atoms with E-state index in [1.807, 2.05) is 45.0 Å². The Labute approximate surface area is 274 Å². The predicted molar refractivity (Wildman–Crippen MR) is 171 cm³/mol. The second-order valence-electron chi connectivity index (χ2n) is 12.3. The van der Waals surface area contributed by atoms with Crippen molar-refractivity contribution in [1.29, 1.82) is 0 Å². The summed E-state index contributed by atoms with van der Waals surface area (Å²) in [7, 11) is 0. The van der Waals surface area contributed by atoms with E-state index in [2.05, 4.69) is 25.8 Å². The number of morpholine rings is 1. The van der Waals surface area contributed by atoms with E-state index in [-0.39, 0.29) is 40.9 Å². The summed E-state index contributed by atoms with van der Waals surface area (Å²) in [5, 5.41) is 12.3. The van der Waals surface area contributed by atoms with Crippen LogP contribution in [0.25, 0.3) is 5.69 Å². The average molecular weight is 666 g/mol. The van der Waals surface area contributed by atoms with Crippen LogP contribution in [0.1, 0.15) is 37.6 Å². The van der Waals surface area contributed by atoms with E-state index in [0.29, 0.717) is 31.1 Å². The first-order valence-electron chi connectivity index (χ1n) is 15.2. The van der Waals surface area contributed by atoms with Gasteiger partial charge < -0.3 is 24.8 Å². The van der Waals surface area contributed by atoms with E-state index in [0.717, 1.165) is 30.8 Å². The van der Waals surface area contributed by atoms with Crippen LogP contribution in [0.3, 0.4) is 0 Å². The Bertz CT molecular complexity index is 1830. The first-order chi connectivity index (χ1) is 22.8. The van der Waals surface area contributed by atoms with Gasteiger partial charge in [0.1, 0.15) is 11.6 Å². The molecule has 3 amide bonds. The van der Waals surface area contributed by atoms with E-state index < -0.39 is 29.4 Å². The molecule has 48 heavy (non-hydrogen) atoms. The van der Waals surface area contributed by atoms with Gasteiger partial charge in [-0.25, -0.2) is 14.5 Å². The highest BCUT2D eigenvalue weighted by atomic mass is 19.4. The highest BCUT2D eigenvalue weighted by Gasteiger charge is 2.35. The molecule has 0 aliphatic carbocycles. The van der Waals surface area contributed by atoms with Gasteiger partial charge in [-0.3, -0.25) is 15.0 Å². The number of ether oxygens (including phenoxy) is 3. The molecule has 1 saturated heterocycles. The van der Waals surface area contributed by atoms with Crippen molar-refractivity contribution < 1.29 is 37.0 Å². The van der Waals surface area contributed by atoms with Gasteiger partial charge in [-0.05, 0) is 35.9 Å². The molecule has 4 heterocycles. The zero-order chi connectivity index (χ0) is 34.1. The monoisotopic (exact) mass is 665 g/mol. The van der Waals surface area contributed by atoms with E-state index >= 15 is 0 Å². The molecule has 0 saturated carbocycles. The summed E-state index contributed by atoms with van der Waals surface area (Å²) in [5.74, 6) is -0.0766. The summed E-state index contributed by atoms with van der Waals surface area (Å²) in [6.45, 7) is 9.32. The van der Waals surface area contributed by atoms with Crippen molar-refractivity contribution in [3.8, 4) is 22.9 Å². The van der Waals surface area contributed by atoms with Crippen LogP contribution in [0.4, 0.5) is 35.3 Å². The molecule has 0 radical (unpaired) electrons. The number of fused-ring (bicyclic) bond motifs is 1. The maximum absolute atomic E-state index is 14.3. The largest absolute Gasteiger partial charge is 0.476 e. The van der Waals surface area contributed by atoms with Crippen LogP contribution in [0.15, 0.2) is 60.8 Å². The molecule has 6 rings (SSSR count). The predicted octanol–water partition coefficient (Wildman–Crippen LogP) is 6.18. The van der Waals surface area contributed by atoms with Gasteiger partial charge in [-0.15, -0.1) is 0 Å².